The number of aliphatic hydroxyl groups is 1. The van der Waals surface area contributed by atoms with E-state index >= 15 is 0 Å². The van der Waals surface area contributed by atoms with Crippen LogP contribution in [-0.2, 0) is 0 Å². The lowest BCUT2D eigenvalue weighted by atomic mass is 10.0. The van der Waals surface area contributed by atoms with Gasteiger partial charge in [-0.25, -0.2) is 0 Å². The number of hydrogen-bond donors (Lipinski definition) is 2. The van der Waals surface area contributed by atoms with Crippen molar-refractivity contribution >= 4 is 11.6 Å². The molecule has 150 valence electrons. The van der Waals surface area contributed by atoms with Gasteiger partial charge in [-0.3, -0.25) is 4.90 Å². The van der Waals surface area contributed by atoms with Crippen molar-refractivity contribution in [3.05, 3.63) is 28.3 Å². The molecule has 1 rings (SSSR count). The van der Waals surface area contributed by atoms with E-state index in [1.807, 2.05) is 19.1 Å². The topological polar surface area (TPSA) is 44.7 Å². The Morgan fingerprint density at radius 3 is 2.27 bits per heavy atom. The standard InChI is InChI=1S/C21H37ClN2O2/c1-14(2)19-11-20(22)17(7)10-21(19)26-13-18(25)12-23-8-9-24(15(3)4)16(5)6/h10-11,14-16,18,23,25H,8-9,12-13H2,1-7H3. The molecule has 0 aromatic heterocycles. The number of hydrogen-bond acceptors (Lipinski definition) is 4. The summed E-state index contributed by atoms with van der Waals surface area (Å²) < 4.78 is 5.89. The monoisotopic (exact) mass is 384 g/mol. The van der Waals surface area contributed by atoms with E-state index in [1.54, 1.807) is 0 Å². The van der Waals surface area contributed by atoms with E-state index in [4.69, 9.17) is 16.3 Å². The van der Waals surface area contributed by atoms with E-state index in [1.165, 1.54) is 0 Å². The predicted molar refractivity (Wildman–Crippen MR) is 112 cm³/mol. The molecule has 0 spiro atoms. The van der Waals surface area contributed by atoms with Gasteiger partial charge in [0.1, 0.15) is 18.5 Å². The summed E-state index contributed by atoms with van der Waals surface area (Å²) in [6.07, 6.45) is -0.544. The van der Waals surface area contributed by atoms with Gasteiger partial charge in [0.15, 0.2) is 0 Å². The summed E-state index contributed by atoms with van der Waals surface area (Å²) in [6, 6.07) is 4.97. The minimum Gasteiger partial charge on any atom is -0.491 e. The number of nitrogens with zero attached hydrogens (tertiary/aromatic N) is 1. The van der Waals surface area contributed by atoms with Crippen LogP contribution in [0.15, 0.2) is 12.1 Å². The summed E-state index contributed by atoms with van der Waals surface area (Å²) in [5.41, 5.74) is 2.06. The minimum absolute atomic E-state index is 0.270. The van der Waals surface area contributed by atoms with Crippen LogP contribution in [0.4, 0.5) is 0 Å². The third-order valence-corrected chi connectivity index (χ3v) is 5.00. The van der Waals surface area contributed by atoms with Crippen molar-refractivity contribution in [2.75, 3.05) is 26.2 Å². The van der Waals surface area contributed by atoms with Crippen molar-refractivity contribution in [1.29, 1.82) is 0 Å². The molecular weight excluding hydrogens is 348 g/mol. The lowest BCUT2D eigenvalue weighted by molar-refractivity contribution is 0.103. The van der Waals surface area contributed by atoms with Crippen LogP contribution in [0.3, 0.4) is 0 Å². The molecule has 1 aromatic rings. The fourth-order valence-electron chi connectivity index (χ4n) is 3.08. The minimum atomic E-state index is -0.544. The molecule has 1 atom stereocenters. The third kappa shape index (κ3) is 7.43. The summed E-state index contributed by atoms with van der Waals surface area (Å²) in [5, 5.41) is 14.3. The Labute approximate surface area is 164 Å². The van der Waals surface area contributed by atoms with Crippen LogP contribution in [0, 0.1) is 6.92 Å². The molecule has 0 fully saturated rings. The lowest BCUT2D eigenvalue weighted by Gasteiger charge is -2.30. The molecule has 0 aliphatic rings. The Kier molecular flexibility index (Phi) is 9.94. The molecule has 2 N–H and O–H groups in total. The highest BCUT2D eigenvalue weighted by Gasteiger charge is 2.14. The molecule has 4 nitrogen and oxygen atoms in total. The van der Waals surface area contributed by atoms with Crippen LogP contribution in [0.5, 0.6) is 5.75 Å². The van der Waals surface area contributed by atoms with Crippen LogP contribution in [0.1, 0.15) is 58.6 Å². The van der Waals surface area contributed by atoms with Gasteiger partial charge in [0.2, 0.25) is 0 Å². The van der Waals surface area contributed by atoms with Gasteiger partial charge in [0, 0.05) is 36.7 Å². The molecule has 0 heterocycles. The smallest absolute Gasteiger partial charge is 0.123 e. The van der Waals surface area contributed by atoms with Gasteiger partial charge in [0.05, 0.1) is 0 Å². The molecule has 0 bridgehead atoms. The average molecular weight is 385 g/mol. The summed E-state index contributed by atoms with van der Waals surface area (Å²) in [4.78, 5) is 2.43. The maximum atomic E-state index is 10.2. The van der Waals surface area contributed by atoms with Crippen molar-refractivity contribution in [3.63, 3.8) is 0 Å². The number of aryl methyl sites for hydroxylation is 1. The quantitative estimate of drug-likeness (QED) is 0.560. The van der Waals surface area contributed by atoms with E-state index in [-0.39, 0.29) is 6.61 Å². The number of aliphatic hydroxyl groups excluding tert-OH is 1. The maximum absolute atomic E-state index is 10.2. The van der Waals surface area contributed by atoms with Crippen molar-refractivity contribution in [2.45, 2.75) is 72.6 Å². The van der Waals surface area contributed by atoms with E-state index in [0.29, 0.717) is 24.5 Å². The first-order chi connectivity index (χ1) is 12.1. The van der Waals surface area contributed by atoms with Gasteiger partial charge < -0.3 is 15.2 Å². The molecule has 0 amide bonds. The Balaban J connectivity index is 2.45. The Hall–Kier alpha value is -0.810. The third-order valence-electron chi connectivity index (χ3n) is 4.60. The van der Waals surface area contributed by atoms with Crippen molar-refractivity contribution in [1.82, 2.24) is 10.2 Å². The van der Waals surface area contributed by atoms with Crippen LogP contribution in [0.25, 0.3) is 0 Å². The zero-order valence-electron chi connectivity index (χ0n) is 17.5. The summed E-state index contributed by atoms with van der Waals surface area (Å²) in [5.74, 6) is 1.13. The van der Waals surface area contributed by atoms with Gasteiger partial charge in [0.25, 0.3) is 0 Å². The Morgan fingerprint density at radius 2 is 1.73 bits per heavy atom. The normalized spacial score (nSPS) is 13.3. The zero-order valence-corrected chi connectivity index (χ0v) is 18.2. The fraction of sp³-hybridized carbons (Fsp3) is 0.714. The molecule has 0 saturated heterocycles. The first-order valence-corrected chi connectivity index (χ1v) is 10.1. The Bertz CT molecular complexity index is 539. The number of nitrogens with one attached hydrogen (secondary N) is 1. The van der Waals surface area contributed by atoms with Gasteiger partial charge in [-0.05, 0) is 63.8 Å². The van der Waals surface area contributed by atoms with Gasteiger partial charge in [-0.2, -0.15) is 0 Å². The molecule has 0 aliphatic heterocycles. The lowest BCUT2D eigenvalue weighted by Crippen LogP contribution is -2.43. The van der Waals surface area contributed by atoms with Crippen molar-refractivity contribution < 1.29 is 9.84 Å². The second-order valence-corrected chi connectivity index (χ2v) is 8.30. The van der Waals surface area contributed by atoms with E-state index in [9.17, 15) is 5.11 Å². The number of halogens is 1. The molecule has 0 radical (unpaired) electrons. The van der Waals surface area contributed by atoms with Crippen molar-refractivity contribution in [3.8, 4) is 5.75 Å². The highest BCUT2D eigenvalue weighted by Crippen LogP contribution is 2.32. The molecular formula is C21H37ClN2O2. The molecule has 0 saturated carbocycles. The summed E-state index contributed by atoms with van der Waals surface area (Å²) >= 11 is 6.23. The first kappa shape index (κ1) is 23.2. The molecule has 5 heteroatoms. The zero-order chi connectivity index (χ0) is 19.9. The second kappa shape index (κ2) is 11.1. The van der Waals surface area contributed by atoms with Crippen LogP contribution in [0.2, 0.25) is 5.02 Å². The summed E-state index contributed by atoms with van der Waals surface area (Å²) in [6.45, 7) is 17.6. The number of rotatable bonds is 11. The molecule has 26 heavy (non-hydrogen) atoms. The van der Waals surface area contributed by atoms with E-state index in [2.05, 4.69) is 51.8 Å². The largest absolute Gasteiger partial charge is 0.491 e. The predicted octanol–water partition coefficient (Wildman–Crippen LogP) is 4.22. The maximum Gasteiger partial charge on any atom is 0.123 e. The molecule has 1 unspecified atom stereocenters. The van der Waals surface area contributed by atoms with Crippen LogP contribution < -0.4 is 10.1 Å². The Morgan fingerprint density at radius 1 is 1.12 bits per heavy atom. The van der Waals surface area contributed by atoms with Gasteiger partial charge >= 0.3 is 0 Å². The van der Waals surface area contributed by atoms with Gasteiger partial charge in [-0.15, -0.1) is 0 Å². The second-order valence-electron chi connectivity index (χ2n) is 7.89. The van der Waals surface area contributed by atoms with Gasteiger partial charge in [-0.1, -0.05) is 25.4 Å². The van der Waals surface area contributed by atoms with E-state index < -0.39 is 6.10 Å². The number of ether oxygens (including phenoxy) is 1. The SMILES string of the molecule is Cc1cc(OCC(O)CNCCN(C(C)C)C(C)C)c(C(C)C)cc1Cl. The number of benzene rings is 1. The van der Waals surface area contributed by atoms with Crippen molar-refractivity contribution in [2.24, 2.45) is 0 Å². The summed E-state index contributed by atoms with van der Waals surface area (Å²) in [7, 11) is 0. The fourth-order valence-corrected chi connectivity index (χ4v) is 3.25. The first-order valence-electron chi connectivity index (χ1n) is 9.70. The molecule has 1 aromatic carbocycles. The van der Waals surface area contributed by atoms with Crippen LogP contribution >= 0.6 is 11.6 Å². The highest BCUT2D eigenvalue weighted by molar-refractivity contribution is 6.31. The molecule has 0 aliphatic carbocycles. The highest BCUT2D eigenvalue weighted by atomic mass is 35.5. The average Bonchev–Trinajstić information content (AvgIpc) is 2.54. The van der Waals surface area contributed by atoms with E-state index in [0.717, 1.165) is 35.0 Å². The van der Waals surface area contributed by atoms with Crippen LogP contribution in [-0.4, -0.2) is 54.4 Å².